The lowest BCUT2D eigenvalue weighted by molar-refractivity contribution is -0.133. The van der Waals surface area contributed by atoms with Gasteiger partial charge in [0.1, 0.15) is 11.7 Å². The average Bonchev–Trinajstić information content (AvgIpc) is 3.15. The number of aromatic nitrogens is 3. The largest absolute Gasteiger partial charge is 0.478 e. The highest BCUT2D eigenvalue weighted by Crippen LogP contribution is 2.37. The summed E-state index contributed by atoms with van der Waals surface area (Å²) in [5.41, 5.74) is 3.01. The van der Waals surface area contributed by atoms with Gasteiger partial charge in [-0.25, -0.2) is 14.2 Å². The Hall–Kier alpha value is -3.54. The number of carboxylic acid groups (broad SMARTS) is 1. The van der Waals surface area contributed by atoms with E-state index < -0.39 is 11.8 Å². The zero-order valence-electron chi connectivity index (χ0n) is 14.3. The van der Waals surface area contributed by atoms with Crippen molar-refractivity contribution >= 4 is 5.97 Å². The Balaban J connectivity index is 1.81. The summed E-state index contributed by atoms with van der Waals surface area (Å²) >= 11 is 0. The van der Waals surface area contributed by atoms with Crippen LogP contribution in [0.2, 0.25) is 0 Å². The number of nitrogens with one attached hydrogen (secondary N) is 1. The minimum absolute atomic E-state index is 0.0617. The number of aromatic amines is 1. The van der Waals surface area contributed by atoms with Crippen molar-refractivity contribution in [1.29, 1.82) is 0 Å². The highest BCUT2D eigenvalue weighted by atomic mass is 19.1. The van der Waals surface area contributed by atoms with Gasteiger partial charge in [-0.15, -0.1) is 0 Å². The third-order valence-electron chi connectivity index (χ3n) is 4.55. The van der Waals surface area contributed by atoms with E-state index in [-0.39, 0.29) is 17.9 Å². The molecule has 134 valence electrons. The molecule has 0 bridgehead atoms. The Morgan fingerprint density at radius 2 is 1.85 bits per heavy atom. The number of hydrogen-bond donors (Lipinski definition) is 2. The highest BCUT2D eigenvalue weighted by Gasteiger charge is 2.27. The molecule has 0 fully saturated rings. The van der Waals surface area contributed by atoms with Crippen molar-refractivity contribution in [2.75, 3.05) is 0 Å². The van der Waals surface area contributed by atoms with Crippen molar-refractivity contribution in [3.8, 4) is 22.6 Å². The van der Waals surface area contributed by atoms with E-state index in [1.54, 1.807) is 18.5 Å². The Morgan fingerprint density at radius 1 is 1.11 bits per heavy atom. The Kier molecular flexibility index (Phi) is 4.38. The maximum Gasteiger partial charge on any atom is 0.334 e. The Morgan fingerprint density at radius 3 is 2.56 bits per heavy atom. The van der Waals surface area contributed by atoms with E-state index in [9.17, 15) is 14.3 Å². The topological polar surface area (TPSA) is 78.9 Å². The van der Waals surface area contributed by atoms with Gasteiger partial charge in [0.25, 0.3) is 0 Å². The van der Waals surface area contributed by atoms with Crippen molar-refractivity contribution in [2.24, 2.45) is 0 Å². The van der Waals surface area contributed by atoms with Crippen molar-refractivity contribution < 1.29 is 14.3 Å². The van der Waals surface area contributed by atoms with Crippen LogP contribution in [0.5, 0.6) is 0 Å². The molecule has 5 nitrogen and oxygen atoms in total. The van der Waals surface area contributed by atoms with Crippen LogP contribution >= 0.6 is 0 Å². The molecule has 1 unspecified atom stereocenters. The van der Waals surface area contributed by atoms with Gasteiger partial charge in [0.2, 0.25) is 0 Å². The lowest BCUT2D eigenvalue weighted by Gasteiger charge is -2.17. The fourth-order valence-corrected chi connectivity index (χ4v) is 3.19. The standard InChI is InChI=1S/C21H16FN3O2/c22-17-7-6-15(12-16(17)21(26)27)19-18(13-8-10-23-11-9-13)24-20(25-19)14-4-2-1-3-5-14/h1-11,15H,12H2,(H,24,25)(H,26,27). The van der Waals surface area contributed by atoms with Gasteiger partial charge in [0.05, 0.1) is 17.0 Å². The zero-order valence-corrected chi connectivity index (χ0v) is 14.3. The molecule has 1 atom stereocenters. The Bertz CT molecular complexity index is 1040. The van der Waals surface area contributed by atoms with Crippen molar-refractivity contribution in [2.45, 2.75) is 12.3 Å². The highest BCUT2D eigenvalue weighted by molar-refractivity contribution is 5.88. The summed E-state index contributed by atoms with van der Waals surface area (Å²) in [5.74, 6) is -1.58. The number of aliphatic carboxylic acids is 1. The van der Waals surface area contributed by atoms with Crippen molar-refractivity contribution in [1.82, 2.24) is 15.0 Å². The van der Waals surface area contributed by atoms with E-state index in [2.05, 4.69) is 9.97 Å². The second-order valence-corrected chi connectivity index (χ2v) is 6.25. The number of rotatable bonds is 4. The molecule has 2 heterocycles. The molecule has 0 amide bonds. The summed E-state index contributed by atoms with van der Waals surface area (Å²) in [6.45, 7) is 0. The normalized spacial score (nSPS) is 16.6. The lowest BCUT2D eigenvalue weighted by atomic mass is 9.89. The molecule has 0 radical (unpaired) electrons. The second kappa shape index (κ2) is 6.99. The van der Waals surface area contributed by atoms with Crippen LogP contribution in [0.25, 0.3) is 22.6 Å². The maximum absolute atomic E-state index is 13.9. The maximum atomic E-state index is 13.9. The molecule has 1 aromatic carbocycles. The first-order chi connectivity index (χ1) is 13.1. The molecule has 0 saturated carbocycles. The SMILES string of the molecule is O=C(O)C1=C(F)C=CC(c2[nH]c(-c3ccccc3)nc2-c2ccncc2)C1. The minimum atomic E-state index is -1.24. The summed E-state index contributed by atoms with van der Waals surface area (Å²) in [4.78, 5) is 23.5. The van der Waals surface area contributed by atoms with Crippen LogP contribution in [0.4, 0.5) is 4.39 Å². The van der Waals surface area contributed by atoms with E-state index in [0.29, 0.717) is 11.5 Å². The van der Waals surface area contributed by atoms with E-state index in [4.69, 9.17) is 4.98 Å². The van der Waals surface area contributed by atoms with Crippen LogP contribution in [0.3, 0.4) is 0 Å². The number of H-pyrrole nitrogens is 1. The van der Waals surface area contributed by atoms with E-state index in [0.717, 1.165) is 16.8 Å². The fraction of sp³-hybridized carbons (Fsp3) is 0.0952. The molecule has 1 aliphatic rings. The monoisotopic (exact) mass is 361 g/mol. The molecule has 27 heavy (non-hydrogen) atoms. The average molecular weight is 361 g/mol. The van der Waals surface area contributed by atoms with Crippen LogP contribution in [-0.2, 0) is 4.79 Å². The predicted molar refractivity (Wildman–Crippen MR) is 99.5 cm³/mol. The van der Waals surface area contributed by atoms with Crippen LogP contribution in [0.1, 0.15) is 18.0 Å². The van der Waals surface area contributed by atoms with Gasteiger partial charge in [0, 0.05) is 29.4 Å². The van der Waals surface area contributed by atoms with Gasteiger partial charge in [0.15, 0.2) is 0 Å². The third-order valence-corrected chi connectivity index (χ3v) is 4.55. The number of allylic oxidation sites excluding steroid dienone is 3. The van der Waals surface area contributed by atoms with Crippen molar-refractivity contribution in [3.05, 3.63) is 84.1 Å². The molecule has 4 rings (SSSR count). The van der Waals surface area contributed by atoms with Gasteiger partial charge in [-0.3, -0.25) is 4.98 Å². The number of imidazole rings is 1. The molecule has 1 aliphatic carbocycles. The van der Waals surface area contributed by atoms with Gasteiger partial charge in [-0.05, 0) is 24.6 Å². The summed E-state index contributed by atoms with van der Waals surface area (Å²) in [7, 11) is 0. The molecule has 6 heteroatoms. The fourth-order valence-electron chi connectivity index (χ4n) is 3.19. The predicted octanol–water partition coefficient (Wildman–Crippen LogP) is 4.49. The number of carboxylic acids is 1. The molecule has 2 aromatic heterocycles. The number of benzene rings is 1. The van der Waals surface area contributed by atoms with Gasteiger partial charge in [-0.1, -0.05) is 36.4 Å². The lowest BCUT2D eigenvalue weighted by Crippen LogP contribution is -2.11. The third kappa shape index (κ3) is 3.29. The first kappa shape index (κ1) is 16.9. The first-order valence-corrected chi connectivity index (χ1v) is 8.49. The van der Waals surface area contributed by atoms with Gasteiger partial charge < -0.3 is 10.1 Å². The van der Waals surface area contributed by atoms with Gasteiger partial charge >= 0.3 is 5.97 Å². The molecule has 0 aliphatic heterocycles. The summed E-state index contributed by atoms with van der Waals surface area (Å²) < 4.78 is 13.9. The second-order valence-electron chi connectivity index (χ2n) is 6.25. The van der Waals surface area contributed by atoms with E-state index in [1.807, 2.05) is 42.5 Å². The number of pyridine rings is 1. The first-order valence-electron chi connectivity index (χ1n) is 8.49. The number of carbonyl (C=O) groups is 1. The molecule has 0 saturated heterocycles. The molecular formula is C21H16FN3O2. The molecule has 2 N–H and O–H groups in total. The molecule has 3 aromatic rings. The zero-order chi connectivity index (χ0) is 18.8. The smallest absolute Gasteiger partial charge is 0.334 e. The Labute approximate surface area is 154 Å². The van der Waals surface area contributed by atoms with E-state index in [1.165, 1.54) is 6.08 Å². The van der Waals surface area contributed by atoms with Crippen molar-refractivity contribution in [3.63, 3.8) is 0 Å². The molecular weight excluding hydrogens is 345 g/mol. The number of hydrogen-bond acceptors (Lipinski definition) is 3. The summed E-state index contributed by atoms with van der Waals surface area (Å²) in [6, 6.07) is 13.3. The van der Waals surface area contributed by atoms with Crippen LogP contribution in [0.15, 0.2) is 78.4 Å². The van der Waals surface area contributed by atoms with E-state index >= 15 is 0 Å². The number of nitrogens with zero attached hydrogens (tertiary/aromatic N) is 2. The van der Waals surface area contributed by atoms with Crippen LogP contribution < -0.4 is 0 Å². The van der Waals surface area contributed by atoms with Gasteiger partial charge in [-0.2, -0.15) is 0 Å². The quantitative estimate of drug-likeness (QED) is 0.718. The molecule has 0 spiro atoms. The summed E-state index contributed by atoms with van der Waals surface area (Å²) in [6.07, 6.45) is 6.31. The number of halogens is 1. The van der Waals surface area contributed by atoms with Crippen LogP contribution in [-0.4, -0.2) is 26.0 Å². The summed E-state index contributed by atoms with van der Waals surface area (Å²) in [5, 5.41) is 9.28. The minimum Gasteiger partial charge on any atom is -0.478 e. The van der Waals surface area contributed by atoms with Crippen LogP contribution in [0, 0.1) is 0 Å².